The number of rotatable bonds is 4. The van der Waals surface area contributed by atoms with Gasteiger partial charge in [-0.3, -0.25) is 0 Å². The van der Waals surface area contributed by atoms with Gasteiger partial charge in [0.05, 0.1) is 12.2 Å². The fourth-order valence-corrected chi connectivity index (χ4v) is 3.30. The van der Waals surface area contributed by atoms with E-state index in [0.717, 1.165) is 23.9 Å². The zero-order valence-electron chi connectivity index (χ0n) is 11.8. The van der Waals surface area contributed by atoms with Crippen molar-refractivity contribution < 1.29 is 4.42 Å². The molecule has 2 aromatic rings. The number of nitrogens with zero attached hydrogens (tertiary/aromatic N) is 1. The minimum absolute atomic E-state index is 0.569. The Balaban J connectivity index is 1.50. The van der Waals surface area contributed by atoms with E-state index in [2.05, 4.69) is 50.5 Å². The van der Waals surface area contributed by atoms with Crippen LogP contribution in [0.25, 0.3) is 0 Å². The highest BCUT2D eigenvalue weighted by atomic mass is 79.9. The second kappa shape index (κ2) is 5.70. The smallest absolute Gasteiger partial charge is 0.208 e. The first kappa shape index (κ1) is 13.8. The Morgan fingerprint density at radius 2 is 2.05 bits per heavy atom. The van der Waals surface area contributed by atoms with Gasteiger partial charge in [-0.15, -0.1) is 0 Å². The van der Waals surface area contributed by atoms with E-state index in [9.17, 15) is 0 Å². The fourth-order valence-electron chi connectivity index (χ4n) is 2.69. The lowest BCUT2D eigenvalue weighted by molar-refractivity contribution is 0.278. The summed E-state index contributed by atoms with van der Waals surface area (Å²) in [7, 11) is 0. The zero-order chi connectivity index (χ0) is 14.1. The lowest BCUT2D eigenvalue weighted by Crippen LogP contribution is -2.39. The molecule has 3 nitrogen and oxygen atoms in total. The van der Waals surface area contributed by atoms with Gasteiger partial charge in [0.2, 0.25) is 5.89 Å². The van der Waals surface area contributed by atoms with E-state index in [0.29, 0.717) is 12.0 Å². The molecule has 1 aromatic carbocycles. The summed E-state index contributed by atoms with van der Waals surface area (Å²) in [5, 5.41) is 3.52. The van der Waals surface area contributed by atoms with Crippen molar-refractivity contribution in [1.29, 1.82) is 0 Å². The first-order valence-electron chi connectivity index (χ1n) is 7.04. The quantitative estimate of drug-likeness (QED) is 0.915. The summed E-state index contributed by atoms with van der Waals surface area (Å²) < 4.78 is 6.81. The van der Waals surface area contributed by atoms with E-state index in [4.69, 9.17) is 4.42 Å². The predicted octanol–water partition coefficient (Wildman–Crippen LogP) is 4.09. The lowest BCUT2D eigenvalue weighted by atomic mass is 9.76. The highest BCUT2D eigenvalue weighted by Crippen LogP contribution is 2.40. The summed E-state index contributed by atoms with van der Waals surface area (Å²) in [5.41, 5.74) is 2.41. The van der Waals surface area contributed by atoms with Crippen LogP contribution in [0, 0.1) is 13.8 Å². The van der Waals surface area contributed by atoms with E-state index in [1.165, 1.54) is 22.9 Å². The number of aryl methyl sites for hydroxylation is 2. The maximum atomic E-state index is 5.58. The number of benzene rings is 1. The van der Waals surface area contributed by atoms with E-state index in [1.54, 1.807) is 0 Å². The van der Waals surface area contributed by atoms with Gasteiger partial charge in [-0.1, -0.05) is 34.1 Å². The summed E-state index contributed by atoms with van der Waals surface area (Å²) >= 11 is 3.63. The molecule has 0 unspecified atom stereocenters. The molecule has 3 rings (SSSR count). The number of hydrogen-bond donors (Lipinski definition) is 1. The molecule has 0 amide bonds. The summed E-state index contributed by atoms with van der Waals surface area (Å²) in [4.78, 5) is 4.40. The van der Waals surface area contributed by atoms with Gasteiger partial charge in [0.25, 0.3) is 0 Å². The van der Waals surface area contributed by atoms with E-state index >= 15 is 0 Å². The number of hydrogen-bond acceptors (Lipinski definition) is 3. The Kier molecular flexibility index (Phi) is 3.94. The molecule has 20 heavy (non-hydrogen) atoms. The topological polar surface area (TPSA) is 38.1 Å². The van der Waals surface area contributed by atoms with Gasteiger partial charge >= 0.3 is 0 Å². The second-order valence-corrected chi connectivity index (χ2v) is 6.37. The fraction of sp³-hybridized carbons (Fsp3) is 0.438. The first-order chi connectivity index (χ1) is 9.63. The van der Waals surface area contributed by atoms with Crippen molar-refractivity contribution in [2.45, 2.75) is 45.2 Å². The van der Waals surface area contributed by atoms with Crippen LogP contribution in [0.15, 0.2) is 33.2 Å². The molecular formula is C16H19BrN2O. The molecule has 1 aliphatic carbocycles. The van der Waals surface area contributed by atoms with Crippen molar-refractivity contribution in [2.75, 3.05) is 0 Å². The Morgan fingerprint density at radius 3 is 2.70 bits per heavy atom. The van der Waals surface area contributed by atoms with Crippen LogP contribution in [-0.2, 0) is 6.54 Å². The van der Waals surface area contributed by atoms with Gasteiger partial charge in [-0.2, -0.15) is 0 Å². The number of nitrogens with one attached hydrogen (secondary N) is 1. The van der Waals surface area contributed by atoms with E-state index in [-0.39, 0.29) is 0 Å². The van der Waals surface area contributed by atoms with Crippen LogP contribution < -0.4 is 5.32 Å². The van der Waals surface area contributed by atoms with Gasteiger partial charge in [-0.25, -0.2) is 4.98 Å². The molecule has 1 aromatic heterocycles. The Morgan fingerprint density at radius 1 is 1.30 bits per heavy atom. The van der Waals surface area contributed by atoms with Crippen LogP contribution in [0.2, 0.25) is 0 Å². The minimum atomic E-state index is 0.569. The Bertz CT molecular complexity index is 583. The number of aromatic nitrogens is 1. The minimum Gasteiger partial charge on any atom is -0.444 e. The summed E-state index contributed by atoms with van der Waals surface area (Å²) in [6.07, 6.45) is 2.36. The summed E-state index contributed by atoms with van der Waals surface area (Å²) in [6, 6.07) is 9.08. The SMILES string of the molecule is Cc1nc(CNC2CC(c3ccccc3Br)C2)oc1C. The Hall–Kier alpha value is -1.13. The standard InChI is InChI=1S/C16H19BrN2O/c1-10-11(2)20-16(19-10)9-18-13-7-12(8-13)14-5-3-4-6-15(14)17/h3-6,12-13,18H,7-9H2,1-2H3. The monoisotopic (exact) mass is 334 g/mol. The van der Waals surface area contributed by atoms with Crippen molar-refractivity contribution in [1.82, 2.24) is 10.3 Å². The zero-order valence-corrected chi connectivity index (χ0v) is 13.4. The molecule has 1 aliphatic rings. The van der Waals surface area contributed by atoms with Crippen LogP contribution in [0.5, 0.6) is 0 Å². The molecule has 1 N–H and O–H groups in total. The van der Waals surface area contributed by atoms with Crippen LogP contribution >= 0.6 is 15.9 Å². The number of oxazole rings is 1. The molecule has 0 aliphatic heterocycles. The summed E-state index contributed by atoms with van der Waals surface area (Å²) in [6.45, 7) is 4.66. The van der Waals surface area contributed by atoms with Crippen molar-refractivity contribution in [3.63, 3.8) is 0 Å². The third-order valence-corrected chi connectivity index (χ3v) is 4.82. The molecule has 0 saturated heterocycles. The number of halogens is 1. The molecule has 0 atom stereocenters. The maximum absolute atomic E-state index is 5.58. The van der Waals surface area contributed by atoms with Crippen molar-refractivity contribution in [2.24, 2.45) is 0 Å². The van der Waals surface area contributed by atoms with E-state index < -0.39 is 0 Å². The van der Waals surface area contributed by atoms with Gasteiger partial charge in [0.15, 0.2) is 0 Å². The Labute approximate surface area is 127 Å². The molecule has 1 saturated carbocycles. The first-order valence-corrected chi connectivity index (χ1v) is 7.83. The lowest BCUT2D eigenvalue weighted by Gasteiger charge is -2.36. The van der Waals surface area contributed by atoms with Crippen LogP contribution in [0.4, 0.5) is 0 Å². The third-order valence-electron chi connectivity index (χ3n) is 4.10. The van der Waals surface area contributed by atoms with Crippen molar-refractivity contribution in [3.8, 4) is 0 Å². The molecule has 0 bridgehead atoms. The molecule has 1 fully saturated rings. The highest BCUT2D eigenvalue weighted by molar-refractivity contribution is 9.10. The van der Waals surface area contributed by atoms with Gasteiger partial charge < -0.3 is 9.73 Å². The van der Waals surface area contributed by atoms with Gasteiger partial charge in [0, 0.05) is 10.5 Å². The summed E-state index contributed by atoms with van der Waals surface area (Å²) in [5.74, 6) is 2.38. The largest absolute Gasteiger partial charge is 0.444 e. The predicted molar refractivity (Wildman–Crippen MR) is 82.7 cm³/mol. The highest BCUT2D eigenvalue weighted by Gasteiger charge is 2.31. The van der Waals surface area contributed by atoms with Crippen LogP contribution in [-0.4, -0.2) is 11.0 Å². The maximum Gasteiger partial charge on any atom is 0.208 e. The van der Waals surface area contributed by atoms with Gasteiger partial charge in [0.1, 0.15) is 5.76 Å². The second-order valence-electron chi connectivity index (χ2n) is 5.52. The van der Waals surface area contributed by atoms with Crippen molar-refractivity contribution in [3.05, 3.63) is 51.6 Å². The molecule has 0 spiro atoms. The molecule has 106 valence electrons. The normalized spacial score (nSPS) is 21.8. The average Bonchev–Trinajstić information content (AvgIpc) is 2.69. The average molecular weight is 335 g/mol. The van der Waals surface area contributed by atoms with Crippen LogP contribution in [0.1, 0.15) is 41.7 Å². The molecular weight excluding hydrogens is 316 g/mol. The van der Waals surface area contributed by atoms with Gasteiger partial charge in [-0.05, 0) is 44.2 Å². The molecule has 4 heteroatoms. The molecule has 1 heterocycles. The van der Waals surface area contributed by atoms with E-state index in [1.807, 2.05) is 13.8 Å². The van der Waals surface area contributed by atoms with Crippen LogP contribution in [0.3, 0.4) is 0 Å². The third kappa shape index (κ3) is 2.81. The van der Waals surface area contributed by atoms with Crippen molar-refractivity contribution >= 4 is 15.9 Å². The molecule has 0 radical (unpaired) electrons.